The third-order valence-electron chi connectivity index (χ3n) is 11.7. The van der Waals surface area contributed by atoms with Crippen LogP contribution in [0.15, 0.2) is 120 Å². The van der Waals surface area contributed by atoms with Gasteiger partial charge in [-0.15, -0.1) is 0 Å². The number of aliphatic carboxylic acids is 1. The molecule has 0 saturated carbocycles. The summed E-state index contributed by atoms with van der Waals surface area (Å²) in [6.45, 7) is 8.01. The highest BCUT2D eigenvalue weighted by atomic mass is 32.2. The second kappa shape index (κ2) is 18.8. The number of phenols is 1. The summed E-state index contributed by atoms with van der Waals surface area (Å²) in [5.41, 5.74) is 4.94. The van der Waals surface area contributed by atoms with Crippen LogP contribution in [0.4, 0.5) is 11.4 Å². The number of para-hydroxylation sites is 1. The van der Waals surface area contributed by atoms with Crippen LogP contribution < -0.4 is 9.64 Å². The molecule has 6 rings (SSSR count). The van der Waals surface area contributed by atoms with Crippen LogP contribution in [0.1, 0.15) is 83.3 Å². The quantitative estimate of drug-likeness (QED) is 0.0334. The van der Waals surface area contributed by atoms with E-state index in [9.17, 15) is 40.9 Å². The molecule has 0 amide bonds. The Morgan fingerprint density at radius 3 is 2.33 bits per heavy atom. The number of benzene rings is 4. The van der Waals surface area contributed by atoms with Gasteiger partial charge in [0.05, 0.1) is 27.0 Å². The fraction of sp³-hybridized carbons (Fsp3) is 0.362. The van der Waals surface area contributed by atoms with Crippen LogP contribution in [0.5, 0.6) is 11.5 Å². The van der Waals surface area contributed by atoms with E-state index in [0.29, 0.717) is 51.1 Å². The van der Waals surface area contributed by atoms with Gasteiger partial charge in [-0.1, -0.05) is 48.9 Å². The van der Waals surface area contributed by atoms with Crippen LogP contribution in [-0.2, 0) is 35.9 Å². The molecule has 0 saturated heterocycles. The maximum Gasteiger partial charge on any atom is 0.303 e. The Labute approximate surface area is 358 Å². The van der Waals surface area contributed by atoms with Crippen molar-refractivity contribution >= 4 is 54.1 Å². The maximum atomic E-state index is 12.2. The first-order valence-corrected chi connectivity index (χ1v) is 23.6. The minimum Gasteiger partial charge on any atom is -0.748 e. The van der Waals surface area contributed by atoms with Crippen LogP contribution in [0.2, 0.25) is 0 Å². The summed E-state index contributed by atoms with van der Waals surface area (Å²) in [4.78, 5) is 13.3. The lowest BCUT2D eigenvalue weighted by Gasteiger charge is -2.30. The van der Waals surface area contributed by atoms with E-state index in [-0.39, 0.29) is 23.5 Å². The number of rotatable bonds is 20. The van der Waals surface area contributed by atoms with Crippen LogP contribution >= 0.6 is 0 Å². The predicted molar refractivity (Wildman–Crippen MR) is 237 cm³/mol. The van der Waals surface area contributed by atoms with Gasteiger partial charge in [-0.25, -0.2) is 8.42 Å². The first kappa shape index (κ1) is 45.3. The molecule has 3 N–H and O–H groups in total. The number of ether oxygens (including phenoxy) is 1. The molecule has 0 aromatic heterocycles. The largest absolute Gasteiger partial charge is 0.748 e. The summed E-state index contributed by atoms with van der Waals surface area (Å²) < 4.78 is 76.8. The van der Waals surface area contributed by atoms with Gasteiger partial charge in [0.2, 0.25) is 5.69 Å². The van der Waals surface area contributed by atoms with E-state index >= 15 is 0 Å². The number of allylic oxidation sites excluding steroid dienone is 6. The third kappa shape index (κ3) is 10.6. The number of carboxylic acids is 1. The van der Waals surface area contributed by atoms with E-state index < -0.39 is 42.8 Å². The fourth-order valence-corrected chi connectivity index (χ4v) is 9.84. The molecular formula is C47H54N2O10S2. The van der Waals surface area contributed by atoms with Gasteiger partial charge in [0.25, 0.3) is 10.1 Å². The van der Waals surface area contributed by atoms with E-state index in [1.54, 1.807) is 30.3 Å². The number of hydrogen-bond acceptors (Lipinski definition) is 9. The van der Waals surface area contributed by atoms with Crippen molar-refractivity contribution in [1.82, 2.24) is 0 Å². The van der Waals surface area contributed by atoms with E-state index in [1.165, 1.54) is 12.1 Å². The molecule has 0 radical (unpaired) electrons. The fourth-order valence-electron chi connectivity index (χ4n) is 8.78. The molecule has 4 aromatic rings. The second-order valence-corrected chi connectivity index (χ2v) is 19.3. The van der Waals surface area contributed by atoms with Crippen LogP contribution in [0.3, 0.4) is 0 Å². The minimum atomic E-state index is -4.44. The van der Waals surface area contributed by atoms with E-state index in [1.807, 2.05) is 42.5 Å². The number of phenolic OH excluding ortho intramolecular Hbond substituents is 1. The predicted octanol–water partition coefficient (Wildman–Crippen LogP) is 8.77. The highest BCUT2D eigenvalue weighted by molar-refractivity contribution is 7.86. The number of aromatic hydroxyl groups is 1. The van der Waals surface area contributed by atoms with Crippen molar-refractivity contribution in [1.29, 1.82) is 0 Å². The van der Waals surface area contributed by atoms with Crippen molar-refractivity contribution in [3.63, 3.8) is 0 Å². The molecule has 1 unspecified atom stereocenters. The second-order valence-electron chi connectivity index (χ2n) is 16.4. The van der Waals surface area contributed by atoms with Gasteiger partial charge in [0.15, 0.2) is 5.71 Å². The summed E-state index contributed by atoms with van der Waals surface area (Å²) in [5, 5.41) is 20.4. The average Bonchev–Trinajstić information content (AvgIpc) is 3.57. The first-order chi connectivity index (χ1) is 28.9. The standard InChI is InChI=1S/C47H54N2O10S2/c1-46(2)42(49(29-12-5-8-19-44(51)52)41-27-21-34-20-26-37(61(56,57)58)33-38(34)45(41)46)17-6-4-7-18-43-47(3,28-11-13-32-60(53,54)55)39-15-9-10-16-40(39)48(43)30-14-31-59-36-24-22-35(50)23-25-36/h4,6-7,9-10,15-18,20-27,33H,5,8,11-14,19,28-32H2,1-3H3,(H3-,50,51,52,53,54,55,56,57,58). The van der Waals surface area contributed by atoms with Gasteiger partial charge in [0, 0.05) is 59.6 Å². The monoisotopic (exact) mass is 870 g/mol. The Bertz CT molecular complexity index is 2610. The zero-order valence-corrected chi connectivity index (χ0v) is 36.4. The van der Waals surface area contributed by atoms with Gasteiger partial charge in [-0.05, 0) is 124 Å². The van der Waals surface area contributed by atoms with Crippen molar-refractivity contribution in [3.8, 4) is 11.5 Å². The molecule has 4 aromatic carbocycles. The Morgan fingerprint density at radius 2 is 1.61 bits per heavy atom. The molecule has 1 atom stereocenters. The van der Waals surface area contributed by atoms with Crippen molar-refractivity contribution < 1.29 is 50.3 Å². The summed E-state index contributed by atoms with van der Waals surface area (Å²) >= 11 is 0. The summed E-state index contributed by atoms with van der Waals surface area (Å²) in [7, 11) is -8.78. The molecule has 0 spiro atoms. The van der Waals surface area contributed by atoms with Gasteiger partial charge < -0.3 is 24.4 Å². The number of fused-ring (bicyclic) bond motifs is 4. The molecular weight excluding hydrogens is 817 g/mol. The lowest BCUT2D eigenvalue weighted by molar-refractivity contribution is -0.438. The highest BCUT2D eigenvalue weighted by Gasteiger charge is 2.46. The Morgan fingerprint density at radius 1 is 0.869 bits per heavy atom. The van der Waals surface area contributed by atoms with Crippen LogP contribution in [-0.4, -0.2) is 77.9 Å². The Hall–Kier alpha value is -5.28. The Balaban J connectivity index is 1.32. The third-order valence-corrected chi connectivity index (χ3v) is 13.4. The van der Waals surface area contributed by atoms with Crippen molar-refractivity contribution in [2.45, 2.75) is 87.9 Å². The molecule has 324 valence electrons. The highest BCUT2D eigenvalue weighted by Crippen LogP contribution is 2.51. The molecule has 0 fully saturated rings. The maximum absolute atomic E-state index is 12.2. The van der Waals surface area contributed by atoms with Gasteiger partial charge in [-0.3, -0.25) is 9.35 Å². The number of carboxylic acid groups (broad SMARTS) is 1. The summed E-state index contributed by atoms with van der Waals surface area (Å²) in [6, 6.07) is 23.3. The number of carbonyl (C=O) groups is 1. The molecule has 2 heterocycles. The topological polar surface area (TPSA) is 185 Å². The number of unbranched alkanes of at least 4 members (excludes halogenated alkanes) is 3. The normalized spacial score (nSPS) is 18.2. The lowest BCUT2D eigenvalue weighted by Crippen LogP contribution is -2.30. The zero-order chi connectivity index (χ0) is 44.0. The van der Waals surface area contributed by atoms with Crippen LogP contribution in [0, 0.1) is 0 Å². The molecule has 14 heteroatoms. The zero-order valence-electron chi connectivity index (χ0n) is 34.8. The lowest BCUT2D eigenvalue weighted by atomic mass is 9.77. The minimum absolute atomic E-state index is 0.0963. The van der Waals surface area contributed by atoms with Crippen molar-refractivity contribution in [2.75, 3.05) is 30.3 Å². The Kier molecular flexibility index (Phi) is 13.9. The van der Waals surface area contributed by atoms with E-state index in [0.717, 1.165) is 57.5 Å². The van der Waals surface area contributed by atoms with E-state index in [2.05, 4.69) is 54.5 Å². The van der Waals surface area contributed by atoms with Crippen LogP contribution in [0.25, 0.3) is 10.8 Å². The molecule has 61 heavy (non-hydrogen) atoms. The summed E-state index contributed by atoms with van der Waals surface area (Å²) in [6.07, 6.45) is 14.2. The molecule has 2 aliphatic rings. The molecule has 2 aliphatic heterocycles. The summed E-state index contributed by atoms with van der Waals surface area (Å²) in [5.74, 6) is -0.426. The number of nitrogens with zero attached hydrogens (tertiary/aromatic N) is 2. The molecule has 12 nitrogen and oxygen atoms in total. The molecule has 0 bridgehead atoms. The van der Waals surface area contributed by atoms with Gasteiger partial charge in [0.1, 0.15) is 18.0 Å². The molecule has 0 aliphatic carbocycles. The van der Waals surface area contributed by atoms with Gasteiger partial charge >= 0.3 is 5.97 Å². The van der Waals surface area contributed by atoms with E-state index in [4.69, 9.17) is 4.74 Å². The number of anilines is 1. The smallest absolute Gasteiger partial charge is 0.303 e. The average molecular weight is 871 g/mol. The SMILES string of the molecule is CC1(C)C(/C=C/C=C/C=C2/N(CCCOc3ccc(O)cc3)c3ccccc3C2(C)CCCCS(=O)(=O)[O-])=[N+](CCCCCC(=O)O)c2ccc3ccc(S(=O)(=O)O)cc3c21. The number of hydrogen-bond donors (Lipinski definition) is 3. The van der Waals surface area contributed by atoms with Gasteiger partial charge in [-0.2, -0.15) is 13.0 Å². The first-order valence-electron chi connectivity index (χ1n) is 20.6. The van der Waals surface area contributed by atoms with Crippen molar-refractivity contribution in [2.24, 2.45) is 0 Å². The van der Waals surface area contributed by atoms with Crippen molar-refractivity contribution in [3.05, 3.63) is 126 Å².